The third-order valence-electron chi connectivity index (χ3n) is 4.64. The first-order chi connectivity index (χ1) is 12.9. The van der Waals surface area contributed by atoms with Gasteiger partial charge in [0.25, 0.3) is 5.91 Å². The maximum Gasteiger partial charge on any atom is 0.317 e. The number of ether oxygens (including phenoxy) is 1. The normalized spacial score (nSPS) is 15.4. The number of nitrogens with one attached hydrogen (secondary N) is 1. The molecule has 1 aromatic heterocycles. The Morgan fingerprint density at radius 3 is 2.37 bits per heavy atom. The molecule has 1 saturated carbocycles. The van der Waals surface area contributed by atoms with Crippen LogP contribution in [0.1, 0.15) is 31.2 Å². The number of nitrogens with zero attached hydrogens (tertiary/aromatic N) is 1. The second-order valence-electron chi connectivity index (χ2n) is 6.40. The SMILES string of the molecule is O=C(COC(=O)C1(c2ccc(Cl)cc2)CCCC1)Nc1ncc(Cl)cc1Cl. The van der Waals surface area contributed by atoms with E-state index >= 15 is 0 Å². The van der Waals surface area contributed by atoms with Crippen molar-refractivity contribution in [1.29, 1.82) is 0 Å². The highest BCUT2D eigenvalue weighted by atomic mass is 35.5. The molecule has 5 nitrogen and oxygen atoms in total. The zero-order valence-electron chi connectivity index (χ0n) is 14.3. The Labute approximate surface area is 172 Å². The maximum atomic E-state index is 12.8. The molecule has 1 amide bonds. The molecule has 3 rings (SSSR count). The van der Waals surface area contributed by atoms with Crippen molar-refractivity contribution in [1.82, 2.24) is 4.98 Å². The van der Waals surface area contributed by atoms with Crippen LogP contribution in [-0.4, -0.2) is 23.5 Å². The van der Waals surface area contributed by atoms with Crippen LogP contribution >= 0.6 is 34.8 Å². The van der Waals surface area contributed by atoms with Crippen LogP contribution in [0.2, 0.25) is 15.1 Å². The summed E-state index contributed by atoms with van der Waals surface area (Å²) in [5.41, 5.74) is 0.123. The molecule has 2 aromatic rings. The van der Waals surface area contributed by atoms with Crippen LogP contribution in [-0.2, 0) is 19.7 Å². The van der Waals surface area contributed by atoms with Crippen LogP contribution in [0.5, 0.6) is 0 Å². The van der Waals surface area contributed by atoms with Crippen molar-refractivity contribution in [3.8, 4) is 0 Å². The summed E-state index contributed by atoms with van der Waals surface area (Å²) in [7, 11) is 0. The zero-order chi connectivity index (χ0) is 19.4. The lowest BCUT2D eigenvalue weighted by atomic mass is 9.79. The van der Waals surface area contributed by atoms with Gasteiger partial charge in [-0.2, -0.15) is 0 Å². The van der Waals surface area contributed by atoms with Gasteiger partial charge in [0.2, 0.25) is 0 Å². The molecule has 1 aliphatic rings. The van der Waals surface area contributed by atoms with Crippen LogP contribution in [0.3, 0.4) is 0 Å². The van der Waals surface area contributed by atoms with E-state index < -0.39 is 23.9 Å². The third kappa shape index (κ3) is 4.54. The van der Waals surface area contributed by atoms with Crippen LogP contribution in [0.15, 0.2) is 36.5 Å². The summed E-state index contributed by atoms with van der Waals surface area (Å²) in [4.78, 5) is 28.9. The molecule has 0 spiro atoms. The second-order valence-corrected chi connectivity index (χ2v) is 7.68. The van der Waals surface area contributed by atoms with Gasteiger partial charge in [0.05, 0.1) is 15.5 Å². The Hall–Kier alpha value is -1.82. The predicted octanol–water partition coefficient (Wildman–Crippen LogP) is 5.04. The Bertz CT molecular complexity index is 850. The number of anilines is 1. The number of benzene rings is 1. The van der Waals surface area contributed by atoms with Crippen molar-refractivity contribution in [3.05, 3.63) is 57.2 Å². The Morgan fingerprint density at radius 2 is 1.74 bits per heavy atom. The lowest BCUT2D eigenvalue weighted by Gasteiger charge is -2.27. The first-order valence-corrected chi connectivity index (χ1v) is 9.58. The van der Waals surface area contributed by atoms with Gasteiger partial charge in [-0.3, -0.25) is 9.59 Å². The monoisotopic (exact) mass is 426 g/mol. The molecule has 0 atom stereocenters. The van der Waals surface area contributed by atoms with Gasteiger partial charge in [0, 0.05) is 11.2 Å². The summed E-state index contributed by atoms with van der Waals surface area (Å²) in [6.07, 6.45) is 4.57. The highest BCUT2D eigenvalue weighted by molar-refractivity contribution is 6.36. The van der Waals surface area contributed by atoms with E-state index in [9.17, 15) is 9.59 Å². The number of aromatic nitrogens is 1. The number of carbonyl (C=O) groups excluding carboxylic acids is 2. The first-order valence-electron chi connectivity index (χ1n) is 8.45. The van der Waals surface area contributed by atoms with Gasteiger partial charge in [-0.05, 0) is 36.6 Å². The molecule has 1 heterocycles. The Kier molecular flexibility index (Phi) is 6.25. The fourth-order valence-electron chi connectivity index (χ4n) is 3.30. The van der Waals surface area contributed by atoms with E-state index in [2.05, 4.69) is 10.3 Å². The zero-order valence-corrected chi connectivity index (χ0v) is 16.6. The Morgan fingerprint density at radius 1 is 1.07 bits per heavy atom. The van der Waals surface area contributed by atoms with E-state index in [1.165, 1.54) is 12.3 Å². The number of halogens is 3. The van der Waals surface area contributed by atoms with Crippen LogP contribution in [0, 0.1) is 0 Å². The van der Waals surface area contributed by atoms with E-state index in [1.807, 2.05) is 12.1 Å². The van der Waals surface area contributed by atoms with Crippen LogP contribution in [0.4, 0.5) is 5.82 Å². The molecule has 0 bridgehead atoms. The summed E-state index contributed by atoms with van der Waals surface area (Å²) in [6, 6.07) is 8.65. The van der Waals surface area contributed by atoms with Crippen LogP contribution < -0.4 is 5.32 Å². The number of esters is 1. The summed E-state index contributed by atoms with van der Waals surface area (Å²) in [5, 5.41) is 3.67. The van der Waals surface area contributed by atoms with Crippen molar-refractivity contribution in [2.75, 3.05) is 11.9 Å². The Balaban J connectivity index is 1.66. The van der Waals surface area contributed by atoms with Crippen molar-refractivity contribution in [2.24, 2.45) is 0 Å². The van der Waals surface area contributed by atoms with Gasteiger partial charge < -0.3 is 10.1 Å². The number of pyridine rings is 1. The second kappa shape index (κ2) is 8.46. The maximum absolute atomic E-state index is 12.8. The first kappa shape index (κ1) is 19.9. The van der Waals surface area contributed by atoms with E-state index in [1.54, 1.807) is 12.1 Å². The quantitative estimate of drug-likeness (QED) is 0.679. The average Bonchev–Trinajstić information content (AvgIpc) is 3.14. The number of carbonyl (C=O) groups is 2. The largest absolute Gasteiger partial charge is 0.455 e. The molecule has 0 unspecified atom stereocenters. The molecule has 0 saturated heterocycles. The number of rotatable bonds is 5. The minimum atomic E-state index is -0.735. The summed E-state index contributed by atoms with van der Waals surface area (Å²) < 4.78 is 5.33. The number of hydrogen-bond donors (Lipinski definition) is 1. The summed E-state index contributed by atoms with van der Waals surface area (Å²) in [5.74, 6) is -0.771. The lowest BCUT2D eigenvalue weighted by molar-refractivity contribution is -0.153. The van der Waals surface area contributed by atoms with Gasteiger partial charge >= 0.3 is 5.97 Å². The average molecular weight is 428 g/mol. The van der Waals surface area contributed by atoms with Crippen molar-refractivity contribution in [2.45, 2.75) is 31.1 Å². The highest BCUT2D eigenvalue weighted by Gasteiger charge is 2.44. The molecular weight excluding hydrogens is 411 g/mol. The van der Waals surface area contributed by atoms with Crippen LogP contribution in [0.25, 0.3) is 0 Å². The van der Waals surface area contributed by atoms with Gasteiger partial charge in [0.15, 0.2) is 12.4 Å². The molecule has 142 valence electrons. The van der Waals surface area contributed by atoms with Gasteiger partial charge in [-0.25, -0.2) is 4.98 Å². The van der Waals surface area contributed by atoms with E-state index in [0.29, 0.717) is 22.9 Å². The molecule has 27 heavy (non-hydrogen) atoms. The van der Waals surface area contributed by atoms with Crippen molar-refractivity contribution in [3.63, 3.8) is 0 Å². The highest BCUT2D eigenvalue weighted by Crippen LogP contribution is 2.42. The minimum absolute atomic E-state index is 0.162. The summed E-state index contributed by atoms with van der Waals surface area (Å²) in [6.45, 7) is -0.422. The van der Waals surface area contributed by atoms with E-state index in [-0.39, 0.29) is 10.8 Å². The number of hydrogen-bond acceptors (Lipinski definition) is 4. The molecule has 8 heteroatoms. The molecule has 0 radical (unpaired) electrons. The standard InChI is InChI=1S/C19H17Cl3N2O3/c20-13-5-3-12(4-6-13)19(7-1-2-8-19)18(26)27-11-16(25)24-17-15(22)9-14(21)10-23-17/h3-6,9-10H,1-2,7-8,11H2,(H,23,24,25). The lowest BCUT2D eigenvalue weighted by Crippen LogP contribution is -2.36. The molecule has 1 fully saturated rings. The molecular formula is C19H17Cl3N2O3. The van der Waals surface area contributed by atoms with Crippen molar-refractivity contribution < 1.29 is 14.3 Å². The fraction of sp³-hybridized carbons (Fsp3) is 0.316. The van der Waals surface area contributed by atoms with Gasteiger partial charge in [-0.1, -0.05) is 59.8 Å². The third-order valence-corrected chi connectivity index (χ3v) is 5.39. The topological polar surface area (TPSA) is 68.3 Å². The summed E-state index contributed by atoms with van der Waals surface area (Å²) >= 11 is 17.7. The minimum Gasteiger partial charge on any atom is -0.455 e. The molecule has 1 N–H and O–H groups in total. The molecule has 1 aliphatic carbocycles. The van der Waals surface area contributed by atoms with Gasteiger partial charge in [0.1, 0.15) is 0 Å². The van der Waals surface area contributed by atoms with E-state index in [0.717, 1.165) is 18.4 Å². The van der Waals surface area contributed by atoms with Gasteiger partial charge in [-0.15, -0.1) is 0 Å². The molecule has 1 aromatic carbocycles. The predicted molar refractivity (Wildman–Crippen MR) is 105 cm³/mol. The fourth-order valence-corrected chi connectivity index (χ4v) is 3.86. The smallest absolute Gasteiger partial charge is 0.317 e. The van der Waals surface area contributed by atoms with Crippen molar-refractivity contribution >= 4 is 52.5 Å². The number of amides is 1. The van der Waals surface area contributed by atoms with E-state index in [4.69, 9.17) is 39.5 Å². The molecule has 0 aliphatic heterocycles.